The first-order chi connectivity index (χ1) is 16.0. The monoisotopic (exact) mass is 526 g/mol. The molecule has 4 rings (SSSR count). The SMILES string of the molecule is Cc1ccc(S(=O)(=O)N/N=C(\c2c(Cl)cccc2Cl)N2CCN(C(C)(C)CF)CC23CC3)cc1. The summed E-state index contributed by atoms with van der Waals surface area (Å²) in [5.41, 5.74) is 0.577. The number of piperazine rings is 1. The zero-order valence-electron chi connectivity index (χ0n) is 19.5. The Balaban J connectivity index is 1.73. The summed E-state index contributed by atoms with van der Waals surface area (Å²) >= 11 is 13.1. The van der Waals surface area contributed by atoms with Crippen molar-refractivity contribution in [3.8, 4) is 0 Å². The largest absolute Gasteiger partial charge is 0.346 e. The topological polar surface area (TPSA) is 65.0 Å². The molecule has 0 aromatic heterocycles. The average Bonchev–Trinajstić information content (AvgIpc) is 3.55. The molecular weight excluding hydrogens is 498 g/mol. The number of sulfonamides is 1. The van der Waals surface area contributed by atoms with Crippen LogP contribution in [0.3, 0.4) is 0 Å². The Bertz CT molecular complexity index is 1180. The highest BCUT2D eigenvalue weighted by Gasteiger charge is 2.54. The van der Waals surface area contributed by atoms with Crippen molar-refractivity contribution >= 4 is 39.1 Å². The molecule has 10 heteroatoms. The van der Waals surface area contributed by atoms with E-state index in [0.29, 0.717) is 41.1 Å². The maximum Gasteiger partial charge on any atom is 0.276 e. The quantitative estimate of drug-likeness (QED) is 0.332. The maximum atomic E-state index is 13.7. The van der Waals surface area contributed by atoms with Gasteiger partial charge in [0.15, 0.2) is 5.84 Å². The van der Waals surface area contributed by atoms with E-state index in [-0.39, 0.29) is 10.4 Å². The maximum absolute atomic E-state index is 13.7. The van der Waals surface area contributed by atoms with E-state index in [2.05, 4.69) is 19.7 Å². The molecule has 1 aliphatic heterocycles. The number of hydrogen-bond donors (Lipinski definition) is 1. The molecule has 34 heavy (non-hydrogen) atoms. The second kappa shape index (κ2) is 9.30. The number of nitrogens with zero attached hydrogens (tertiary/aromatic N) is 3. The summed E-state index contributed by atoms with van der Waals surface area (Å²) in [5.74, 6) is 0.376. The third-order valence-corrected chi connectivity index (χ3v) is 8.56. The minimum atomic E-state index is -3.91. The van der Waals surface area contributed by atoms with Gasteiger partial charge in [-0.1, -0.05) is 47.0 Å². The van der Waals surface area contributed by atoms with Crippen LogP contribution in [0.1, 0.15) is 37.8 Å². The van der Waals surface area contributed by atoms with Gasteiger partial charge in [0.25, 0.3) is 10.0 Å². The van der Waals surface area contributed by atoms with Gasteiger partial charge in [-0.3, -0.25) is 4.90 Å². The third-order valence-electron chi connectivity index (χ3n) is 6.71. The van der Waals surface area contributed by atoms with Gasteiger partial charge in [-0.05, 0) is 57.9 Å². The number of aryl methyl sites for hydroxylation is 1. The number of halogens is 3. The van der Waals surface area contributed by atoms with Gasteiger partial charge in [0.2, 0.25) is 0 Å². The van der Waals surface area contributed by atoms with Gasteiger partial charge in [0, 0.05) is 25.2 Å². The Hall–Kier alpha value is -1.87. The van der Waals surface area contributed by atoms with E-state index >= 15 is 0 Å². The Morgan fingerprint density at radius 2 is 1.74 bits per heavy atom. The number of hydrazone groups is 1. The Morgan fingerprint density at radius 1 is 1.12 bits per heavy atom. The third kappa shape index (κ3) is 4.91. The van der Waals surface area contributed by atoms with Gasteiger partial charge in [0.1, 0.15) is 6.67 Å². The summed E-state index contributed by atoms with van der Waals surface area (Å²) in [7, 11) is -3.91. The van der Waals surface area contributed by atoms with E-state index in [1.54, 1.807) is 30.3 Å². The van der Waals surface area contributed by atoms with Crippen LogP contribution >= 0.6 is 23.2 Å². The summed E-state index contributed by atoms with van der Waals surface area (Å²) in [5, 5.41) is 5.15. The highest BCUT2D eigenvalue weighted by Crippen LogP contribution is 2.47. The van der Waals surface area contributed by atoms with Crippen molar-refractivity contribution in [3.05, 3.63) is 63.6 Å². The van der Waals surface area contributed by atoms with Crippen molar-refractivity contribution in [3.63, 3.8) is 0 Å². The van der Waals surface area contributed by atoms with E-state index in [4.69, 9.17) is 23.2 Å². The van der Waals surface area contributed by atoms with Crippen molar-refractivity contribution in [1.82, 2.24) is 14.6 Å². The first-order valence-corrected chi connectivity index (χ1v) is 13.4. The number of nitrogens with one attached hydrogen (secondary N) is 1. The lowest BCUT2D eigenvalue weighted by Gasteiger charge is -2.48. The Kier molecular flexibility index (Phi) is 6.90. The normalized spacial score (nSPS) is 18.9. The van der Waals surface area contributed by atoms with Crippen molar-refractivity contribution in [2.24, 2.45) is 5.10 Å². The van der Waals surface area contributed by atoms with Crippen molar-refractivity contribution in [2.75, 3.05) is 26.3 Å². The lowest BCUT2D eigenvalue weighted by atomic mass is 9.99. The molecule has 6 nitrogen and oxygen atoms in total. The molecule has 0 bridgehead atoms. The van der Waals surface area contributed by atoms with Crippen LogP contribution in [0.2, 0.25) is 10.0 Å². The zero-order valence-corrected chi connectivity index (χ0v) is 21.8. The smallest absolute Gasteiger partial charge is 0.276 e. The summed E-state index contributed by atoms with van der Waals surface area (Å²) in [6.07, 6.45) is 1.77. The first kappa shape index (κ1) is 25.2. The van der Waals surface area contributed by atoms with Crippen LogP contribution in [-0.2, 0) is 10.0 Å². The number of hydrogen-bond acceptors (Lipinski definition) is 4. The molecule has 0 atom stereocenters. The van der Waals surface area contributed by atoms with Gasteiger partial charge in [-0.15, -0.1) is 5.10 Å². The van der Waals surface area contributed by atoms with E-state index in [9.17, 15) is 12.8 Å². The van der Waals surface area contributed by atoms with Crippen LogP contribution in [0.4, 0.5) is 4.39 Å². The van der Waals surface area contributed by atoms with Crippen LogP contribution in [0.25, 0.3) is 0 Å². The van der Waals surface area contributed by atoms with Gasteiger partial charge < -0.3 is 4.90 Å². The lowest BCUT2D eigenvalue weighted by molar-refractivity contribution is 0.0215. The van der Waals surface area contributed by atoms with Crippen LogP contribution < -0.4 is 4.83 Å². The van der Waals surface area contributed by atoms with Crippen LogP contribution in [0, 0.1) is 6.92 Å². The number of amidine groups is 1. The lowest BCUT2D eigenvalue weighted by Crippen LogP contribution is -2.62. The molecule has 1 aliphatic carbocycles. The van der Waals surface area contributed by atoms with Crippen molar-refractivity contribution < 1.29 is 12.8 Å². The first-order valence-electron chi connectivity index (χ1n) is 11.2. The van der Waals surface area contributed by atoms with E-state index in [0.717, 1.165) is 18.4 Å². The fourth-order valence-electron chi connectivity index (χ4n) is 4.32. The minimum Gasteiger partial charge on any atom is -0.346 e. The standard InChI is InChI=1S/C24H29Cl2FN4O2S/c1-17-7-9-18(10-8-17)34(32,33)29-28-22(21-19(25)5-4-6-20(21)26)31-14-13-30(23(2,3)15-27)16-24(31)11-12-24/h4-10,29H,11-16H2,1-3H3/b28-22+. The summed E-state index contributed by atoms with van der Waals surface area (Å²) in [6, 6.07) is 11.7. The molecule has 0 amide bonds. The van der Waals surface area contributed by atoms with E-state index in [1.807, 2.05) is 20.8 Å². The molecule has 1 saturated heterocycles. The van der Waals surface area contributed by atoms with E-state index < -0.39 is 22.2 Å². The Morgan fingerprint density at radius 3 is 2.29 bits per heavy atom. The highest BCUT2D eigenvalue weighted by atomic mass is 35.5. The van der Waals surface area contributed by atoms with E-state index in [1.165, 1.54) is 12.1 Å². The molecule has 2 aromatic rings. The van der Waals surface area contributed by atoms with Gasteiger partial charge in [0.05, 0.1) is 26.0 Å². The second-order valence-electron chi connectivity index (χ2n) is 9.68. The second-order valence-corrected chi connectivity index (χ2v) is 12.2. The summed E-state index contributed by atoms with van der Waals surface area (Å²) in [6.45, 7) is 7.02. The summed E-state index contributed by atoms with van der Waals surface area (Å²) < 4.78 is 39.7. The van der Waals surface area contributed by atoms with Crippen molar-refractivity contribution in [1.29, 1.82) is 0 Å². The number of benzene rings is 2. The predicted octanol–water partition coefficient (Wildman–Crippen LogP) is 4.84. The minimum absolute atomic E-state index is 0.113. The van der Waals surface area contributed by atoms with Crippen molar-refractivity contribution in [2.45, 2.75) is 49.6 Å². The Labute approximate surface area is 210 Å². The molecule has 1 spiro atoms. The molecular formula is C24H29Cl2FN4O2S. The molecule has 1 N–H and O–H groups in total. The van der Waals surface area contributed by atoms with Crippen LogP contribution in [0.5, 0.6) is 0 Å². The molecule has 1 heterocycles. The molecule has 1 saturated carbocycles. The average molecular weight is 527 g/mol. The molecule has 0 unspecified atom stereocenters. The fourth-order valence-corrected chi connectivity index (χ4v) is 5.69. The van der Waals surface area contributed by atoms with Crippen LogP contribution in [0.15, 0.2) is 52.5 Å². The molecule has 184 valence electrons. The fraction of sp³-hybridized carbons (Fsp3) is 0.458. The number of alkyl halides is 1. The molecule has 2 aromatic carbocycles. The summed E-state index contributed by atoms with van der Waals surface area (Å²) in [4.78, 5) is 6.74. The molecule has 2 fully saturated rings. The number of rotatable bonds is 6. The van der Waals surface area contributed by atoms with Gasteiger partial charge in [-0.2, -0.15) is 13.2 Å². The highest BCUT2D eigenvalue weighted by molar-refractivity contribution is 7.89. The zero-order chi connectivity index (χ0) is 24.7. The predicted molar refractivity (Wildman–Crippen MR) is 135 cm³/mol. The molecule has 0 radical (unpaired) electrons. The van der Waals surface area contributed by atoms with Gasteiger partial charge >= 0.3 is 0 Å². The van der Waals surface area contributed by atoms with Gasteiger partial charge in [-0.25, -0.2) is 4.39 Å². The molecule has 2 aliphatic rings. The van der Waals surface area contributed by atoms with Crippen LogP contribution in [-0.4, -0.2) is 61.4 Å².